The zero-order chi connectivity index (χ0) is 12.8. The lowest BCUT2D eigenvalue weighted by Gasteiger charge is -2.25. The van der Waals surface area contributed by atoms with E-state index in [-0.39, 0.29) is 0 Å². The number of hydrogen-bond donors (Lipinski definition) is 1. The highest BCUT2D eigenvalue weighted by atomic mass is 32.1. The van der Waals surface area contributed by atoms with Gasteiger partial charge >= 0.3 is 0 Å². The summed E-state index contributed by atoms with van der Waals surface area (Å²) in [6.45, 7) is 2.39. The smallest absolute Gasteiger partial charge is 0.00552 e. The molecule has 0 spiro atoms. The van der Waals surface area contributed by atoms with Gasteiger partial charge in [0, 0.05) is 19.0 Å². The van der Waals surface area contributed by atoms with Gasteiger partial charge in [0.1, 0.15) is 0 Å². The second kappa shape index (κ2) is 7.20. The zero-order valence-electron chi connectivity index (χ0n) is 11.4. The molecule has 1 aromatic rings. The SMILES string of the molecule is CN(CC1CCCC1)CC(CS)c1ccccc1. The van der Waals surface area contributed by atoms with Gasteiger partial charge in [0.15, 0.2) is 0 Å². The standard InChI is InChI=1S/C16H25NS/c1-17(11-14-7-5-6-8-14)12-16(13-18)15-9-3-2-4-10-15/h2-4,9-10,14,16,18H,5-8,11-13H2,1H3. The average molecular weight is 263 g/mol. The largest absolute Gasteiger partial charge is 0.305 e. The minimum Gasteiger partial charge on any atom is -0.305 e. The van der Waals surface area contributed by atoms with Gasteiger partial charge in [-0.3, -0.25) is 0 Å². The lowest BCUT2D eigenvalue weighted by Crippen LogP contribution is -2.29. The molecule has 0 radical (unpaired) electrons. The molecule has 2 heteroatoms. The predicted molar refractivity (Wildman–Crippen MR) is 82.5 cm³/mol. The predicted octanol–water partition coefficient (Wildman–Crippen LogP) is 3.82. The first-order chi connectivity index (χ1) is 8.79. The van der Waals surface area contributed by atoms with E-state index in [0.29, 0.717) is 5.92 Å². The third-order valence-corrected chi connectivity index (χ3v) is 4.51. The monoisotopic (exact) mass is 263 g/mol. The minimum absolute atomic E-state index is 0.556. The van der Waals surface area contributed by atoms with Crippen LogP contribution in [0.2, 0.25) is 0 Å². The van der Waals surface area contributed by atoms with E-state index in [1.807, 2.05) is 0 Å². The van der Waals surface area contributed by atoms with Crippen LogP contribution in [0.1, 0.15) is 37.2 Å². The number of likely N-dealkylation sites (N-methyl/N-ethyl adjacent to an activating group) is 1. The maximum absolute atomic E-state index is 4.52. The summed E-state index contributed by atoms with van der Waals surface area (Å²) in [5.41, 5.74) is 1.42. The number of rotatable bonds is 6. The van der Waals surface area contributed by atoms with Gasteiger partial charge in [0.2, 0.25) is 0 Å². The number of benzene rings is 1. The van der Waals surface area contributed by atoms with E-state index in [2.05, 4.69) is 54.9 Å². The van der Waals surface area contributed by atoms with Crippen LogP contribution in [0.15, 0.2) is 30.3 Å². The fourth-order valence-electron chi connectivity index (χ4n) is 3.08. The summed E-state index contributed by atoms with van der Waals surface area (Å²) in [6.07, 6.45) is 5.74. The number of thiol groups is 1. The second-order valence-electron chi connectivity index (χ2n) is 5.66. The molecule has 1 saturated carbocycles. The first kappa shape index (κ1) is 14.0. The molecular formula is C16H25NS. The second-order valence-corrected chi connectivity index (χ2v) is 6.03. The zero-order valence-corrected chi connectivity index (χ0v) is 12.3. The van der Waals surface area contributed by atoms with Crippen molar-refractivity contribution in [3.05, 3.63) is 35.9 Å². The van der Waals surface area contributed by atoms with Gasteiger partial charge in [-0.05, 0) is 37.1 Å². The van der Waals surface area contributed by atoms with Crippen LogP contribution in [-0.4, -0.2) is 30.8 Å². The molecule has 1 aromatic carbocycles. The van der Waals surface area contributed by atoms with Gasteiger partial charge in [-0.1, -0.05) is 43.2 Å². The molecule has 1 fully saturated rings. The highest BCUT2D eigenvalue weighted by Gasteiger charge is 2.19. The van der Waals surface area contributed by atoms with Crippen molar-refractivity contribution in [3.8, 4) is 0 Å². The van der Waals surface area contributed by atoms with Crippen molar-refractivity contribution < 1.29 is 0 Å². The average Bonchev–Trinajstić information content (AvgIpc) is 2.90. The van der Waals surface area contributed by atoms with Gasteiger partial charge in [-0.15, -0.1) is 0 Å². The summed E-state index contributed by atoms with van der Waals surface area (Å²) in [4.78, 5) is 2.50. The first-order valence-electron chi connectivity index (χ1n) is 7.14. The lowest BCUT2D eigenvalue weighted by atomic mass is 10.00. The lowest BCUT2D eigenvalue weighted by molar-refractivity contribution is 0.268. The summed E-state index contributed by atoms with van der Waals surface area (Å²) in [5.74, 6) is 2.42. The van der Waals surface area contributed by atoms with E-state index in [0.717, 1.165) is 18.2 Å². The molecule has 0 N–H and O–H groups in total. The molecule has 0 amide bonds. The molecule has 1 atom stereocenters. The van der Waals surface area contributed by atoms with Gasteiger partial charge in [-0.25, -0.2) is 0 Å². The van der Waals surface area contributed by atoms with Crippen molar-refractivity contribution in [1.82, 2.24) is 4.90 Å². The van der Waals surface area contributed by atoms with E-state index in [1.54, 1.807) is 0 Å². The molecule has 0 bridgehead atoms. The van der Waals surface area contributed by atoms with Crippen molar-refractivity contribution in [2.24, 2.45) is 5.92 Å². The molecule has 0 saturated heterocycles. The molecule has 1 aliphatic carbocycles. The van der Waals surface area contributed by atoms with E-state index < -0.39 is 0 Å². The fourth-order valence-corrected chi connectivity index (χ4v) is 3.40. The molecule has 0 aromatic heterocycles. The van der Waals surface area contributed by atoms with Crippen molar-refractivity contribution in [3.63, 3.8) is 0 Å². The maximum atomic E-state index is 4.52. The third-order valence-electron chi connectivity index (χ3n) is 4.07. The first-order valence-corrected chi connectivity index (χ1v) is 7.77. The Kier molecular flexibility index (Phi) is 5.58. The Labute approximate surface area is 117 Å². The normalized spacial score (nSPS) is 18.4. The van der Waals surface area contributed by atoms with Crippen LogP contribution >= 0.6 is 12.6 Å². The quantitative estimate of drug-likeness (QED) is 0.764. The Balaban J connectivity index is 1.85. The van der Waals surface area contributed by atoms with Crippen molar-refractivity contribution >= 4 is 12.6 Å². The van der Waals surface area contributed by atoms with Crippen LogP contribution in [0.5, 0.6) is 0 Å². The van der Waals surface area contributed by atoms with Crippen LogP contribution in [0.4, 0.5) is 0 Å². The van der Waals surface area contributed by atoms with Gasteiger partial charge < -0.3 is 4.90 Å². The molecule has 1 aliphatic rings. The highest BCUT2D eigenvalue weighted by Crippen LogP contribution is 2.26. The number of nitrogens with zero attached hydrogens (tertiary/aromatic N) is 1. The van der Waals surface area contributed by atoms with Crippen LogP contribution in [0, 0.1) is 5.92 Å². The van der Waals surface area contributed by atoms with Crippen LogP contribution in [-0.2, 0) is 0 Å². The fraction of sp³-hybridized carbons (Fsp3) is 0.625. The molecule has 18 heavy (non-hydrogen) atoms. The Bertz CT molecular complexity index is 332. The molecule has 0 aliphatic heterocycles. The Morgan fingerprint density at radius 1 is 1.22 bits per heavy atom. The number of hydrogen-bond acceptors (Lipinski definition) is 2. The van der Waals surface area contributed by atoms with Crippen LogP contribution in [0.25, 0.3) is 0 Å². The van der Waals surface area contributed by atoms with Crippen molar-refractivity contribution in [2.45, 2.75) is 31.6 Å². The van der Waals surface area contributed by atoms with Crippen LogP contribution < -0.4 is 0 Å². The Hall–Kier alpha value is -0.470. The highest BCUT2D eigenvalue weighted by molar-refractivity contribution is 7.80. The van der Waals surface area contributed by atoms with Gasteiger partial charge in [-0.2, -0.15) is 12.6 Å². The summed E-state index contributed by atoms with van der Waals surface area (Å²) >= 11 is 4.52. The van der Waals surface area contributed by atoms with Gasteiger partial charge in [0.25, 0.3) is 0 Å². The van der Waals surface area contributed by atoms with E-state index in [4.69, 9.17) is 0 Å². The maximum Gasteiger partial charge on any atom is 0.00552 e. The Morgan fingerprint density at radius 2 is 1.89 bits per heavy atom. The summed E-state index contributed by atoms with van der Waals surface area (Å²) in [6, 6.07) is 10.8. The Morgan fingerprint density at radius 3 is 2.50 bits per heavy atom. The molecule has 100 valence electrons. The third kappa shape index (κ3) is 4.03. The summed E-state index contributed by atoms with van der Waals surface area (Å²) in [5, 5.41) is 0. The van der Waals surface area contributed by atoms with Crippen LogP contribution in [0.3, 0.4) is 0 Å². The van der Waals surface area contributed by atoms with E-state index >= 15 is 0 Å². The molecule has 1 nitrogen and oxygen atoms in total. The molecular weight excluding hydrogens is 238 g/mol. The van der Waals surface area contributed by atoms with Gasteiger partial charge in [0.05, 0.1) is 0 Å². The van der Waals surface area contributed by atoms with E-state index in [1.165, 1.54) is 37.8 Å². The van der Waals surface area contributed by atoms with Crippen molar-refractivity contribution in [1.29, 1.82) is 0 Å². The van der Waals surface area contributed by atoms with E-state index in [9.17, 15) is 0 Å². The topological polar surface area (TPSA) is 3.24 Å². The minimum atomic E-state index is 0.556. The summed E-state index contributed by atoms with van der Waals surface area (Å²) in [7, 11) is 2.26. The molecule has 1 unspecified atom stereocenters. The molecule has 0 heterocycles. The summed E-state index contributed by atoms with van der Waals surface area (Å²) < 4.78 is 0. The van der Waals surface area contributed by atoms with Crippen molar-refractivity contribution in [2.75, 3.05) is 25.9 Å². The molecule has 2 rings (SSSR count).